The molecule has 0 bridgehead atoms. The number of aliphatic hydroxyl groups excluding tert-OH is 1. The van der Waals surface area contributed by atoms with Crippen LogP contribution >= 0.6 is 0 Å². The Morgan fingerprint density at radius 2 is 1.85 bits per heavy atom. The molecule has 1 aromatic rings. The largest absolute Gasteiger partial charge is 0.504 e. The molecule has 0 heterocycles. The molecule has 0 amide bonds. The fourth-order valence-corrected chi connectivity index (χ4v) is 1.42. The Bertz CT molecular complexity index is 369. The molecule has 0 atom stereocenters. The number of benzene rings is 1. The Kier molecular flexibility index (Phi) is 1.74. The summed E-state index contributed by atoms with van der Waals surface area (Å²) in [6.07, 6.45) is 4.10. The molecule has 3 heteroatoms. The Morgan fingerprint density at radius 3 is 2.62 bits per heavy atom. The van der Waals surface area contributed by atoms with Gasteiger partial charge in [0, 0.05) is 12.0 Å². The molecule has 3 N–H and O–H groups in total. The van der Waals surface area contributed by atoms with Crippen molar-refractivity contribution in [3.05, 3.63) is 35.4 Å². The molecular weight excluding hydrogens is 168 g/mol. The van der Waals surface area contributed by atoms with E-state index in [9.17, 15) is 15.3 Å². The summed E-state index contributed by atoms with van der Waals surface area (Å²) in [5, 5.41) is 28.1. The van der Waals surface area contributed by atoms with E-state index in [-0.39, 0.29) is 17.6 Å². The van der Waals surface area contributed by atoms with Crippen molar-refractivity contribution in [2.24, 2.45) is 0 Å². The van der Waals surface area contributed by atoms with Gasteiger partial charge in [-0.05, 0) is 11.6 Å². The van der Waals surface area contributed by atoms with Crippen LogP contribution in [0.1, 0.15) is 17.5 Å². The van der Waals surface area contributed by atoms with Gasteiger partial charge in [0.15, 0.2) is 11.5 Å². The highest BCUT2D eigenvalue weighted by molar-refractivity contribution is 5.69. The summed E-state index contributed by atoms with van der Waals surface area (Å²) in [5.74, 6) is -0.349. The molecule has 67 valence electrons. The minimum Gasteiger partial charge on any atom is -0.504 e. The van der Waals surface area contributed by atoms with Crippen LogP contribution in [0, 0.1) is 6.10 Å². The quantitative estimate of drug-likeness (QED) is 0.529. The van der Waals surface area contributed by atoms with Crippen LogP contribution in [0.5, 0.6) is 11.5 Å². The van der Waals surface area contributed by atoms with Crippen LogP contribution in [0.15, 0.2) is 18.2 Å². The third-order valence-corrected chi connectivity index (χ3v) is 2.10. The lowest BCUT2D eigenvalue weighted by atomic mass is 9.94. The fourth-order valence-electron chi connectivity index (χ4n) is 1.42. The van der Waals surface area contributed by atoms with Gasteiger partial charge in [0.2, 0.25) is 0 Å². The molecule has 0 fully saturated rings. The first kappa shape index (κ1) is 8.13. The van der Waals surface area contributed by atoms with E-state index in [4.69, 9.17) is 0 Å². The van der Waals surface area contributed by atoms with E-state index < -0.39 is 0 Å². The maximum atomic E-state index is 9.45. The molecule has 13 heavy (non-hydrogen) atoms. The van der Waals surface area contributed by atoms with Crippen molar-refractivity contribution in [3.63, 3.8) is 0 Å². The van der Waals surface area contributed by atoms with Gasteiger partial charge in [-0.25, -0.2) is 0 Å². The maximum Gasteiger partial charge on any atom is 0.165 e. The molecule has 1 radical (unpaired) electrons. The molecule has 0 saturated carbocycles. The lowest BCUT2D eigenvalue weighted by molar-refractivity contribution is 0.322. The molecule has 1 aliphatic rings. The number of phenols is 2. The van der Waals surface area contributed by atoms with Gasteiger partial charge in [-0.2, -0.15) is 0 Å². The summed E-state index contributed by atoms with van der Waals surface area (Å²) >= 11 is 0. The second-order valence-corrected chi connectivity index (χ2v) is 2.95. The van der Waals surface area contributed by atoms with Crippen LogP contribution in [0.2, 0.25) is 0 Å². The van der Waals surface area contributed by atoms with Crippen molar-refractivity contribution in [2.75, 3.05) is 0 Å². The molecule has 3 nitrogen and oxygen atoms in total. The van der Waals surface area contributed by atoms with Gasteiger partial charge in [-0.1, -0.05) is 18.2 Å². The van der Waals surface area contributed by atoms with E-state index in [0.717, 1.165) is 0 Å². The standard InChI is InChI=1S/C10H9O3/c11-8-3-1-2-7-6(8)4-5-9(12)10(7)13/h1-2,4-5,11-13H,3H2. The first-order chi connectivity index (χ1) is 6.20. The second kappa shape index (κ2) is 2.78. The third kappa shape index (κ3) is 1.17. The molecule has 0 unspecified atom stereocenters. The summed E-state index contributed by atoms with van der Waals surface area (Å²) in [6.45, 7) is 0. The zero-order valence-electron chi connectivity index (χ0n) is 6.86. The van der Waals surface area contributed by atoms with Gasteiger partial charge >= 0.3 is 0 Å². The summed E-state index contributed by atoms with van der Waals surface area (Å²) in [6, 6.07) is 2.95. The Labute approximate surface area is 75.6 Å². The first-order valence-electron chi connectivity index (χ1n) is 3.97. The molecular formula is C10H9O3. The molecule has 2 rings (SSSR count). The second-order valence-electron chi connectivity index (χ2n) is 2.95. The van der Waals surface area contributed by atoms with Crippen molar-refractivity contribution in [1.82, 2.24) is 0 Å². The third-order valence-electron chi connectivity index (χ3n) is 2.10. The smallest absolute Gasteiger partial charge is 0.165 e. The van der Waals surface area contributed by atoms with Gasteiger partial charge in [0.1, 0.15) is 6.10 Å². The van der Waals surface area contributed by atoms with Crippen LogP contribution in [-0.4, -0.2) is 15.3 Å². The Morgan fingerprint density at radius 1 is 1.08 bits per heavy atom. The molecule has 0 aliphatic heterocycles. The maximum absolute atomic E-state index is 9.45. The first-order valence-corrected chi connectivity index (χ1v) is 3.97. The van der Waals surface area contributed by atoms with E-state index >= 15 is 0 Å². The minimum absolute atomic E-state index is 0.168. The molecule has 0 saturated heterocycles. The van der Waals surface area contributed by atoms with E-state index in [2.05, 4.69) is 0 Å². The summed E-state index contributed by atoms with van der Waals surface area (Å²) < 4.78 is 0. The summed E-state index contributed by atoms with van der Waals surface area (Å²) in [4.78, 5) is 0. The molecule has 1 aromatic carbocycles. The van der Waals surface area contributed by atoms with Crippen molar-refractivity contribution >= 4 is 6.08 Å². The Hall–Kier alpha value is -1.48. The SMILES string of the molecule is O[C]1CC=Cc2c1ccc(O)c2O. The molecule has 0 aromatic heterocycles. The predicted octanol–water partition coefficient (Wildman–Crippen LogP) is 1.77. The van der Waals surface area contributed by atoms with E-state index in [1.165, 1.54) is 6.07 Å². The molecule has 0 spiro atoms. The average Bonchev–Trinajstić information content (AvgIpc) is 2.12. The van der Waals surface area contributed by atoms with Crippen molar-refractivity contribution in [3.8, 4) is 11.5 Å². The lowest BCUT2D eigenvalue weighted by Crippen LogP contribution is -2.03. The highest BCUT2D eigenvalue weighted by atomic mass is 16.3. The predicted molar refractivity (Wildman–Crippen MR) is 47.7 cm³/mol. The van der Waals surface area contributed by atoms with Crippen molar-refractivity contribution in [2.45, 2.75) is 6.42 Å². The number of hydrogen-bond donors (Lipinski definition) is 3. The van der Waals surface area contributed by atoms with Crippen molar-refractivity contribution in [1.29, 1.82) is 0 Å². The number of phenolic OH excluding ortho intramolecular Hbond substituents is 2. The van der Waals surface area contributed by atoms with Gasteiger partial charge < -0.3 is 15.3 Å². The van der Waals surface area contributed by atoms with Crippen LogP contribution in [0.3, 0.4) is 0 Å². The van der Waals surface area contributed by atoms with Crippen molar-refractivity contribution < 1.29 is 15.3 Å². The van der Waals surface area contributed by atoms with Crippen LogP contribution < -0.4 is 0 Å². The van der Waals surface area contributed by atoms with Gasteiger partial charge in [0.25, 0.3) is 0 Å². The number of hydrogen-bond acceptors (Lipinski definition) is 3. The Balaban J connectivity index is 2.65. The van der Waals surface area contributed by atoms with Crippen LogP contribution in [-0.2, 0) is 0 Å². The number of rotatable bonds is 0. The summed E-state index contributed by atoms with van der Waals surface area (Å²) in [7, 11) is 0. The highest BCUT2D eigenvalue weighted by Crippen LogP contribution is 2.38. The highest BCUT2D eigenvalue weighted by Gasteiger charge is 2.19. The monoisotopic (exact) mass is 177 g/mol. The average molecular weight is 177 g/mol. The van der Waals surface area contributed by atoms with Crippen LogP contribution in [0.4, 0.5) is 0 Å². The lowest BCUT2D eigenvalue weighted by Gasteiger charge is -2.16. The number of aliphatic hydroxyl groups is 1. The van der Waals surface area contributed by atoms with Gasteiger partial charge in [0.05, 0.1) is 0 Å². The number of fused-ring (bicyclic) bond motifs is 1. The minimum atomic E-state index is -0.181. The van der Waals surface area contributed by atoms with Gasteiger partial charge in [-0.3, -0.25) is 0 Å². The van der Waals surface area contributed by atoms with E-state index in [0.29, 0.717) is 17.5 Å². The normalized spacial score (nSPS) is 15.8. The number of aromatic hydroxyl groups is 2. The topological polar surface area (TPSA) is 60.7 Å². The molecule has 1 aliphatic carbocycles. The zero-order valence-corrected chi connectivity index (χ0v) is 6.86. The van der Waals surface area contributed by atoms with E-state index in [1.807, 2.05) is 0 Å². The van der Waals surface area contributed by atoms with E-state index in [1.54, 1.807) is 18.2 Å². The summed E-state index contributed by atoms with van der Waals surface area (Å²) in [5.41, 5.74) is 1.06. The van der Waals surface area contributed by atoms with Crippen LogP contribution in [0.25, 0.3) is 6.08 Å². The zero-order chi connectivity index (χ0) is 9.42. The van der Waals surface area contributed by atoms with Gasteiger partial charge in [-0.15, -0.1) is 0 Å². The fraction of sp³-hybridized carbons (Fsp3) is 0.100.